The van der Waals surface area contributed by atoms with Crippen LogP contribution < -0.4 is 11.4 Å². The van der Waals surface area contributed by atoms with Crippen LogP contribution in [-0.2, 0) is 37.4 Å². The molecule has 22 heteroatoms. The van der Waals surface area contributed by atoms with Gasteiger partial charge in [-0.15, -0.1) is 0 Å². The standard InChI is InChI=1S/C10H15BrF2N3O13P3/c11-2-9(3-27-31(22,23)29-32(24,25)28-30(19,20)21)7(17)10(13,4-26-9)16-1-5(12)6(14)15-8(16)18/h1,7,17H,2-4H2,(H,22,23)(H,24,25)(H2,14,15,18)(H2,19,20,21)/t7-,9-,10-/m1/s1. The Kier molecular flexibility index (Phi) is 7.92. The fourth-order valence-electron chi connectivity index (χ4n) is 2.48. The Morgan fingerprint density at radius 2 is 1.88 bits per heavy atom. The maximum absolute atomic E-state index is 15.5. The minimum Gasteiger partial charge on any atom is -0.384 e. The summed E-state index contributed by atoms with van der Waals surface area (Å²) in [4.78, 5) is 50.6. The highest BCUT2D eigenvalue weighted by atomic mass is 79.9. The summed E-state index contributed by atoms with van der Waals surface area (Å²) in [6, 6.07) is 0. The van der Waals surface area contributed by atoms with Crippen molar-refractivity contribution in [2.45, 2.75) is 17.5 Å². The van der Waals surface area contributed by atoms with Crippen LogP contribution in [-0.4, -0.2) is 64.5 Å². The average molecular weight is 596 g/mol. The van der Waals surface area contributed by atoms with E-state index >= 15 is 4.39 Å². The highest BCUT2D eigenvalue weighted by Crippen LogP contribution is 2.66. The van der Waals surface area contributed by atoms with Crippen LogP contribution >= 0.6 is 39.4 Å². The minimum absolute atomic E-state index is 0.0403. The Hall–Kier alpha value is -0.650. The molecule has 2 rings (SSSR count). The third-order valence-corrected chi connectivity index (χ3v) is 8.64. The van der Waals surface area contributed by atoms with Crippen molar-refractivity contribution in [3.05, 3.63) is 22.5 Å². The predicted molar refractivity (Wildman–Crippen MR) is 100 cm³/mol. The van der Waals surface area contributed by atoms with E-state index in [0.717, 1.165) is 0 Å². The van der Waals surface area contributed by atoms with Gasteiger partial charge in [0.05, 0.1) is 12.8 Å². The molecular weight excluding hydrogens is 581 g/mol. The second-order valence-corrected chi connectivity index (χ2v) is 11.2. The largest absolute Gasteiger partial charge is 0.490 e. The fourth-order valence-corrected chi connectivity index (χ4v) is 6.19. The van der Waals surface area contributed by atoms with Gasteiger partial charge < -0.3 is 35.2 Å². The van der Waals surface area contributed by atoms with Crippen LogP contribution in [0.25, 0.3) is 0 Å². The number of phosphoric acid groups is 3. The van der Waals surface area contributed by atoms with Gasteiger partial charge in [-0.05, 0) is 0 Å². The number of nitrogens with two attached hydrogens (primary N) is 1. The lowest BCUT2D eigenvalue weighted by Gasteiger charge is -2.33. The van der Waals surface area contributed by atoms with Crippen LogP contribution in [0.15, 0.2) is 11.0 Å². The van der Waals surface area contributed by atoms with E-state index in [1.165, 1.54) is 0 Å². The normalized spacial score (nSPS) is 30.1. The van der Waals surface area contributed by atoms with Gasteiger partial charge in [0.25, 0.3) is 0 Å². The number of phosphoric ester groups is 1. The van der Waals surface area contributed by atoms with Gasteiger partial charge in [-0.1, -0.05) is 15.9 Å². The van der Waals surface area contributed by atoms with Crippen molar-refractivity contribution in [2.75, 3.05) is 24.3 Å². The molecule has 0 aromatic carbocycles. The summed E-state index contributed by atoms with van der Waals surface area (Å²) in [5.74, 6) is -5.33. The molecule has 1 aliphatic heterocycles. The van der Waals surface area contributed by atoms with Gasteiger partial charge in [0.2, 0.25) is 5.79 Å². The van der Waals surface area contributed by atoms with Gasteiger partial charge in [-0.25, -0.2) is 27.3 Å². The maximum Gasteiger partial charge on any atom is 0.490 e. The molecule has 1 aliphatic rings. The predicted octanol–water partition coefficient (Wildman–Crippen LogP) is -0.545. The molecule has 16 nitrogen and oxygen atoms in total. The minimum atomic E-state index is -5.83. The van der Waals surface area contributed by atoms with Crippen LogP contribution in [0.4, 0.5) is 14.6 Å². The van der Waals surface area contributed by atoms with Crippen LogP contribution in [0.5, 0.6) is 0 Å². The Morgan fingerprint density at radius 3 is 2.41 bits per heavy atom. The number of rotatable bonds is 9. The molecule has 5 atom stereocenters. The fraction of sp³-hybridized carbons (Fsp3) is 0.600. The molecule has 2 unspecified atom stereocenters. The van der Waals surface area contributed by atoms with E-state index in [-0.39, 0.29) is 4.57 Å². The van der Waals surface area contributed by atoms with Gasteiger partial charge in [0.15, 0.2) is 11.6 Å². The van der Waals surface area contributed by atoms with Crippen molar-refractivity contribution < 1.29 is 65.0 Å². The molecule has 1 saturated heterocycles. The Morgan fingerprint density at radius 1 is 1.28 bits per heavy atom. The second-order valence-electron chi connectivity index (χ2n) is 6.20. The van der Waals surface area contributed by atoms with Crippen molar-refractivity contribution in [1.29, 1.82) is 0 Å². The van der Waals surface area contributed by atoms with Crippen molar-refractivity contribution in [3.63, 3.8) is 0 Å². The lowest BCUT2D eigenvalue weighted by atomic mass is 9.95. The number of aliphatic hydroxyl groups excluding tert-OH is 1. The smallest absolute Gasteiger partial charge is 0.384 e. The summed E-state index contributed by atoms with van der Waals surface area (Å²) in [5.41, 5.74) is 1.44. The summed E-state index contributed by atoms with van der Waals surface area (Å²) < 4.78 is 79.6. The number of alkyl halides is 2. The Labute approximate surface area is 184 Å². The number of nitrogens with zero attached hydrogens (tertiary/aromatic N) is 2. The molecule has 7 N–H and O–H groups in total. The van der Waals surface area contributed by atoms with Gasteiger partial charge >= 0.3 is 29.2 Å². The summed E-state index contributed by atoms with van der Waals surface area (Å²) in [7, 11) is -17.1. The first kappa shape index (κ1) is 27.6. The van der Waals surface area contributed by atoms with E-state index in [2.05, 4.69) is 34.1 Å². The number of hydrogen-bond acceptors (Lipinski definition) is 11. The van der Waals surface area contributed by atoms with Gasteiger partial charge in [-0.2, -0.15) is 13.6 Å². The first-order valence-electron chi connectivity index (χ1n) is 7.77. The quantitative estimate of drug-likeness (QED) is 0.155. The number of hydrogen-bond donors (Lipinski definition) is 6. The molecule has 0 saturated carbocycles. The van der Waals surface area contributed by atoms with Crippen LogP contribution in [0.2, 0.25) is 0 Å². The highest BCUT2D eigenvalue weighted by molar-refractivity contribution is 9.09. The number of nitrogen functional groups attached to an aromatic ring is 1. The van der Waals surface area contributed by atoms with Crippen molar-refractivity contribution in [2.24, 2.45) is 0 Å². The molecule has 0 radical (unpaired) electrons. The van der Waals surface area contributed by atoms with E-state index in [0.29, 0.717) is 6.20 Å². The average Bonchev–Trinajstić information content (AvgIpc) is 2.86. The molecule has 1 aromatic heterocycles. The summed E-state index contributed by atoms with van der Waals surface area (Å²) in [6.07, 6.45) is -2.09. The van der Waals surface area contributed by atoms with E-state index in [1.807, 2.05) is 0 Å². The number of ether oxygens (including phenoxy) is 1. The molecule has 1 aromatic rings. The van der Waals surface area contributed by atoms with Crippen LogP contribution in [0.1, 0.15) is 0 Å². The molecule has 184 valence electrons. The SMILES string of the molecule is Nc1nc(=O)n([C@]2(F)CO[C@](CBr)(COP(=O)(O)OP(=O)(O)OP(=O)(O)O)[C@H]2O)cc1F. The first-order valence-corrected chi connectivity index (χ1v) is 13.4. The summed E-state index contributed by atoms with van der Waals surface area (Å²) in [6.45, 7) is -2.38. The van der Waals surface area contributed by atoms with E-state index in [9.17, 15) is 32.9 Å². The van der Waals surface area contributed by atoms with E-state index < -0.39 is 76.8 Å². The molecule has 0 aliphatic carbocycles. The van der Waals surface area contributed by atoms with Crippen molar-refractivity contribution >= 4 is 45.2 Å². The third-order valence-electron chi connectivity index (χ3n) is 3.90. The topological polar surface area (TPSA) is 250 Å². The molecule has 0 spiro atoms. The first-order chi connectivity index (χ1) is 14.4. The molecule has 1 fully saturated rings. The summed E-state index contributed by atoms with van der Waals surface area (Å²) >= 11 is 2.84. The molecule has 32 heavy (non-hydrogen) atoms. The lowest BCUT2D eigenvalue weighted by Crippen LogP contribution is -2.55. The number of aliphatic hydroxyl groups is 1. The number of anilines is 1. The van der Waals surface area contributed by atoms with E-state index in [4.69, 9.17) is 25.2 Å². The highest BCUT2D eigenvalue weighted by Gasteiger charge is 2.61. The number of halogens is 3. The Bertz CT molecular complexity index is 1090. The third kappa shape index (κ3) is 6.07. The lowest BCUT2D eigenvalue weighted by molar-refractivity contribution is -0.0914. The monoisotopic (exact) mass is 595 g/mol. The van der Waals surface area contributed by atoms with Crippen LogP contribution in [0, 0.1) is 5.82 Å². The molecule has 2 heterocycles. The maximum atomic E-state index is 15.5. The van der Waals surface area contributed by atoms with Crippen molar-refractivity contribution in [1.82, 2.24) is 9.55 Å². The molecule has 0 bridgehead atoms. The zero-order valence-corrected chi connectivity index (χ0v) is 19.5. The van der Waals surface area contributed by atoms with Crippen molar-refractivity contribution in [3.8, 4) is 0 Å². The second kappa shape index (κ2) is 9.19. The zero-order chi connectivity index (χ0) is 24.8. The van der Waals surface area contributed by atoms with Gasteiger partial charge in [-0.3, -0.25) is 9.09 Å². The van der Waals surface area contributed by atoms with Gasteiger partial charge in [0.1, 0.15) is 18.3 Å². The Balaban J connectivity index is 2.25. The number of aromatic nitrogens is 2. The zero-order valence-electron chi connectivity index (χ0n) is 15.2. The van der Waals surface area contributed by atoms with E-state index in [1.54, 1.807) is 0 Å². The summed E-state index contributed by atoms with van der Waals surface area (Å²) in [5, 5.41) is 9.94. The van der Waals surface area contributed by atoms with Gasteiger partial charge in [0, 0.05) is 5.33 Å². The van der Waals surface area contributed by atoms with Crippen LogP contribution in [0.3, 0.4) is 0 Å². The molecular formula is C10H15BrF2N3O13P3. The molecule has 0 amide bonds.